The average molecular weight is 191 g/mol. The van der Waals surface area contributed by atoms with E-state index in [2.05, 4.69) is 26.8 Å². The summed E-state index contributed by atoms with van der Waals surface area (Å²) in [5, 5.41) is 8.55. The summed E-state index contributed by atoms with van der Waals surface area (Å²) in [4.78, 5) is 0. The van der Waals surface area contributed by atoms with Gasteiger partial charge >= 0.3 is 0 Å². The van der Waals surface area contributed by atoms with E-state index >= 15 is 0 Å². The Hall–Kier alpha value is -0.270. The molecule has 0 aliphatic rings. The van der Waals surface area contributed by atoms with Crippen molar-refractivity contribution in [3.63, 3.8) is 0 Å². The van der Waals surface area contributed by atoms with Crippen molar-refractivity contribution in [1.82, 2.24) is 0 Å². The van der Waals surface area contributed by atoms with Gasteiger partial charge in [-0.3, -0.25) is 0 Å². The van der Waals surface area contributed by atoms with Crippen LogP contribution in [0.5, 0.6) is 0 Å². The third kappa shape index (κ3) is 9.73. The van der Waals surface area contributed by atoms with E-state index in [1.807, 2.05) is 6.08 Å². The predicted octanol–water partition coefficient (Wildman–Crippen LogP) is 3.09. The first kappa shape index (κ1) is 14.3. The van der Waals surface area contributed by atoms with Gasteiger partial charge in [0.05, 0.1) is 6.61 Å². The quantitative estimate of drug-likeness (QED) is 0.676. The van der Waals surface area contributed by atoms with E-state index in [0.29, 0.717) is 0 Å². The molecular weight excluding hydrogens is 172 g/mol. The van der Waals surface area contributed by atoms with Crippen molar-refractivity contribution in [3.05, 3.63) is 23.3 Å². The molecule has 0 atom stereocenters. The number of hydrogen-bond donors (Lipinski definition) is 1. The van der Waals surface area contributed by atoms with Crippen LogP contribution in [0, 0.1) is 0 Å². The van der Waals surface area contributed by atoms with Crippen molar-refractivity contribution >= 4 is 12.4 Å². The lowest BCUT2D eigenvalue weighted by atomic mass is 10.1. The Morgan fingerprint density at radius 1 is 1.17 bits per heavy atom. The van der Waals surface area contributed by atoms with Gasteiger partial charge in [0.2, 0.25) is 0 Å². The zero-order valence-electron chi connectivity index (χ0n) is 8.13. The van der Waals surface area contributed by atoms with Crippen LogP contribution in [0.1, 0.15) is 33.6 Å². The highest BCUT2D eigenvalue weighted by Gasteiger charge is 1.86. The number of aliphatic hydroxyl groups excluding tert-OH is 1. The maximum absolute atomic E-state index is 8.55. The first-order chi connectivity index (χ1) is 5.16. The Labute approximate surface area is 81.6 Å². The van der Waals surface area contributed by atoms with Crippen LogP contribution >= 0.6 is 12.4 Å². The molecule has 0 rings (SSSR count). The smallest absolute Gasteiger partial charge is 0.0614 e. The summed E-state index contributed by atoms with van der Waals surface area (Å²) in [5.41, 5.74) is 2.63. The number of halogens is 1. The summed E-state index contributed by atoms with van der Waals surface area (Å²) >= 11 is 0. The summed E-state index contributed by atoms with van der Waals surface area (Å²) < 4.78 is 0. The molecule has 0 unspecified atom stereocenters. The van der Waals surface area contributed by atoms with E-state index in [4.69, 9.17) is 5.11 Å². The number of allylic oxidation sites excluding steroid dienone is 3. The zero-order valence-corrected chi connectivity index (χ0v) is 8.95. The second-order valence-electron chi connectivity index (χ2n) is 3.05. The van der Waals surface area contributed by atoms with E-state index in [-0.39, 0.29) is 19.0 Å². The zero-order chi connectivity index (χ0) is 8.69. The second kappa shape index (κ2) is 8.82. The minimum absolute atomic E-state index is 0. The van der Waals surface area contributed by atoms with E-state index in [0.717, 1.165) is 12.8 Å². The van der Waals surface area contributed by atoms with Crippen molar-refractivity contribution < 1.29 is 5.11 Å². The first-order valence-electron chi connectivity index (χ1n) is 4.06. The van der Waals surface area contributed by atoms with Gasteiger partial charge in [-0.15, -0.1) is 12.4 Å². The van der Waals surface area contributed by atoms with Gasteiger partial charge in [0.15, 0.2) is 0 Å². The van der Waals surface area contributed by atoms with E-state index in [1.54, 1.807) is 0 Å². The highest BCUT2D eigenvalue weighted by molar-refractivity contribution is 5.85. The fraction of sp³-hybridized carbons (Fsp3) is 0.600. The van der Waals surface area contributed by atoms with E-state index in [1.165, 1.54) is 11.1 Å². The van der Waals surface area contributed by atoms with Crippen molar-refractivity contribution in [2.45, 2.75) is 33.6 Å². The van der Waals surface area contributed by atoms with Crippen LogP contribution in [0.2, 0.25) is 0 Å². The highest BCUT2D eigenvalue weighted by atomic mass is 35.5. The van der Waals surface area contributed by atoms with Crippen molar-refractivity contribution in [2.24, 2.45) is 0 Å². The first-order valence-corrected chi connectivity index (χ1v) is 4.06. The molecule has 12 heavy (non-hydrogen) atoms. The van der Waals surface area contributed by atoms with Gasteiger partial charge in [0, 0.05) is 0 Å². The van der Waals surface area contributed by atoms with Gasteiger partial charge in [-0.05, 0) is 33.6 Å². The lowest BCUT2D eigenvalue weighted by Crippen LogP contribution is -1.80. The molecule has 0 aliphatic carbocycles. The SMILES string of the molecule is CC(C)=CCC/C(C)=C/CO.Cl. The molecule has 1 nitrogen and oxygen atoms in total. The molecule has 0 spiro atoms. The van der Waals surface area contributed by atoms with Gasteiger partial charge in [0.25, 0.3) is 0 Å². The standard InChI is InChI=1S/C10H18O.ClH/c1-9(2)5-4-6-10(3)7-8-11;/h5,7,11H,4,6,8H2,1-3H3;1H/b10-7+;. The Bertz CT molecular complexity index is 155. The van der Waals surface area contributed by atoms with Gasteiger partial charge < -0.3 is 5.11 Å². The summed E-state index contributed by atoms with van der Waals surface area (Å²) in [6.07, 6.45) is 6.23. The van der Waals surface area contributed by atoms with E-state index < -0.39 is 0 Å². The fourth-order valence-electron chi connectivity index (χ4n) is 0.846. The molecule has 2 heteroatoms. The molecule has 72 valence electrons. The van der Waals surface area contributed by atoms with Gasteiger partial charge in [-0.1, -0.05) is 23.3 Å². The topological polar surface area (TPSA) is 20.2 Å². The molecule has 0 bridgehead atoms. The minimum atomic E-state index is 0. The van der Waals surface area contributed by atoms with Crippen LogP contribution in [0.25, 0.3) is 0 Å². The number of aliphatic hydroxyl groups is 1. The third-order valence-electron chi connectivity index (χ3n) is 1.53. The van der Waals surface area contributed by atoms with Crippen LogP contribution in [0.4, 0.5) is 0 Å². The summed E-state index contributed by atoms with van der Waals surface area (Å²) in [7, 11) is 0. The van der Waals surface area contributed by atoms with E-state index in [9.17, 15) is 0 Å². The van der Waals surface area contributed by atoms with Crippen LogP contribution in [-0.2, 0) is 0 Å². The molecular formula is C10H19ClO. The second-order valence-corrected chi connectivity index (χ2v) is 3.05. The molecule has 0 heterocycles. The predicted molar refractivity (Wildman–Crippen MR) is 56.8 cm³/mol. The van der Waals surface area contributed by atoms with Crippen LogP contribution < -0.4 is 0 Å². The number of rotatable bonds is 4. The maximum atomic E-state index is 8.55. The lowest BCUT2D eigenvalue weighted by Gasteiger charge is -1.96. The minimum Gasteiger partial charge on any atom is -0.392 e. The Morgan fingerprint density at radius 2 is 1.75 bits per heavy atom. The number of hydrogen-bond acceptors (Lipinski definition) is 1. The monoisotopic (exact) mass is 190 g/mol. The fourth-order valence-corrected chi connectivity index (χ4v) is 0.846. The van der Waals surface area contributed by atoms with Crippen molar-refractivity contribution in [3.8, 4) is 0 Å². The molecule has 0 radical (unpaired) electrons. The average Bonchev–Trinajstić information content (AvgIpc) is 1.87. The Balaban J connectivity index is 0. The molecule has 0 aromatic rings. The largest absolute Gasteiger partial charge is 0.392 e. The molecule has 0 amide bonds. The van der Waals surface area contributed by atoms with Gasteiger partial charge in [-0.2, -0.15) is 0 Å². The molecule has 0 aromatic heterocycles. The third-order valence-corrected chi connectivity index (χ3v) is 1.53. The molecule has 0 saturated carbocycles. The van der Waals surface area contributed by atoms with Gasteiger partial charge in [0.1, 0.15) is 0 Å². The molecule has 0 saturated heterocycles. The Kier molecular flexibility index (Phi) is 10.5. The summed E-state index contributed by atoms with van der Waals surface area (Å²) in [6.45, 7) is 6.42. The Morgan fingerprint density at radius 3 is 2.17 bits per heavy atom. The van der Waals surface area contributed by atoms with Crippen LogP contribution in [0.3, 0.4) is 0 Å². The van der Waals surface area contributed by atoms with Gasteiger partial charge in [-0.25, -0.2) is 0 Å². The summed E-state index contributed by atoms with van der Waals surface area (Å²) in [6, 6.07) is 0. The maximum Gasteiger partial charge on any atom is 0.0614 e. The lowest BCUT2D eigenvalue weighted by molar-refractivity contribution is 0.341. The molecule has 1 N–H and O–H groups in total. The highest BCUT2D eigenvalue weighted by Crippen LogP contribution is 2.05. The van der Waals surface area contributed by atoms with Crippen molar-refractivity contribution in [1.29, 1.82) is 0 Å². The van der Waals surface area contributed by atoms with Crippen molar-refractivity contribution in [2.75, 3.05) is 6.61 Å². The molecule has 0 aromatic carbocycles. The van der Waals surface area contributed by atoms with Crippen LogP contribution in [0.15, 0.2) is 23.3 Å². The van der Waals surface area contributed by atoms with Crippen LogP contribution in [-0.4, -0.2) is 11.7 Å². The molecule has 0 fully saturated rings. The molecule has 0 aliphatic heterocycles. The summed E-state index contributed by atoms with van der Waals surface area (Å²) in [5.74, 6) is 0. The normalized spacial score (nSPS) is 10.5.